The number of nitrogens with zero attached hydrogens (tertiary/aromatic N) is 1. The van der Waals surface area contributed by atoms with Crippen molar-refractivity contribution in [3.63, 3.8) is 0 Å². The van der Waals surface area contributed by atoms with Gasteiger partial charge >= 0.3 is 0 Å². The minimum absolute atomic E-state index is 0.0762. The Bertz CT molecular complexity index is 780. The van der Waals surface area contributed by atoms with E-state index in [1.807, 2.05) is 6.07 Å². The van der Waals surface area contributed by atoms with E-state index in [9.17, 15) is 10.1 Å². The van der Waals surface area contributed by atoms with Gasteiger partial charge in [0.25, 0.3) is 5.69 Å². The second-order valence-electron chi connectivity index (χ2n) is 4.17. The fourth-order valence-electron chi connectivity index (χ4n) is 2.22. The lowest BCUT2D eigenvalue weighted by molar-refractivity contribution is -0.384. The van der Waals surface area contributed by atoms with Crippen molar-refractivity contribution >= 4 is 28.2 Å². The maximum absolute atomic E-state index is 11.1. The van der Waals surface area contributed by atoms with Crippen LogP contribution >= 0.6 is 11.6 Å². The second-order valence-corrected chi connectivity index (χ2v) is 4.60. The second kappa shape index (κ2) is 4.40. The van der Waals surface area contributed by atoms with Gasteiger partial charge in [0, 0.05) is 28.2 Å². The number of hydrogen-bond donors (Lipinski definition) is 1. The Morgan fingerprint density at radius 3 is 2.68 bits per heavy atom. The summed E-state index contributed by atoms with van der Waals surface area (Å²) < 4.78 is 0. The van der Waals surface area contributed by atoms with Gasteiger partial charge in [-0.25, -0.2) is 0 Å². The van der Waals surface area contributed by atoms with Crippen molar-refractivity contribution < 1.29 is 4.92 Å². The van der Waals surface area contributed by atoms with Crippen molar-refractivity contribution in [2.45, 2.75) is 0 Å². The minimum Gasteiger partial charge on any atom is -0.361 e. The summed E-state index contributed by atoms with van der Waals surface area (Å²) in [6.07, 6.45) is 1.79. The van der Waals surface area contributed by atoms with Crippen molar-refractivity contribution in [1.82, 2.24) is 4.98 Å². The third kappa shape index (κ3) is 1.96. The highest BCUT2D eigenvalue weighted by molar-refractivity contribution is 6.32. The van der Waals surface area contributed by atoms with Crippen molar-refractivity contribution in [2.24, 2.45) is 0 Å². The molecule has 0 atom stereocenters. The number of aromatic nitrogens is 1. The number of aromatic amines is 1. The first-order valence-electron chi connectivity index (χ1n) is 5.67. The van der Waals surface area contributed by atoms with Gasteiger partial charge in [-0.1, -0.05) is 23.7 Å². The predicted octanol–water partition coefficient (Wildman–Crippen LogP) is 4.40. The summed E-state index contributed by atoms with van der Waals surface area (Å²) in [6.45, 7) is 0. The molecule has 0 aliphatic carbocycles. The Balaban J connectivity index is 2.36. The Morgan fingerprint density at radius 1 is 1.11 bits per heavy atom. The molecule has 0 bridgehead atoms. The lowest BCUT2D eigenvalue weighted by Gasteiger charge is -2.06. The SMILES string of the molecule is O=[N+]([O-])c1ccccc1-c1cc(Cl)cc2[nH]ccc12. The molecular formula is C14H9ClN2O2. The summed E-state index contributed by atoms with van der Waals surface area (Å²) in [7, 11) is 0. The molecule has 3 aromatic rings. The highest BCUT2D eigenvalue weighted by Crippen LogP contribution is 2.36. The Kier molecular flexibility index (Phi) is 2.72. The molecule has 0 unspecified atom stereocenters. The molecule has 0 saturated heterocycles. The minimum atomic E-state index is -0.380. The van der Waals surface area contributed by atoms with Gasteiger partial charge in [-0.3, -0.25) is 10.1 Å². The van der Waals surface area contributed by atoms with E-state index in [1.165, 1.54) is 6.07 Å². The molecule has 3 rings (SSSR count). The van der Waals surface area contributed by atoms with Crippen LogP contribution in [0.5, 0.6) is 0 Å². The van der Waals surface area contributed by atoms with Crippen LogP contribution in [0.15, 0.2) is 48.7 Å². The van der Waals surface area contributed by atoms with E-state index in [-0.39, 0.29) is 10.6 Å². The number of rotatable bonds is 2. The van der Waals surface area contributed by atoms with Gasteiger partial charge in [0.2, 0.25) is 0 Å². The molecule has 4 nitrogen and oxygen atoms in total. The molecule has 1 N–H and O–H groups in total. The van der Waals surface area contributed by atoms with E-state index in [4.69, 9.17) is 11.6 Å². The average Bonchev–Trinajstić information content (AvgIpc) is 2.85. The number of H-pyrrole nitrogens is 1. The summed E-state index contributed by atoms with van der Waals surface area (Å²) in [5.41, 5.74) is 2.27. The predicted molar refractivity (Wildman–Crippen MR) is 75.4 cm³/mol. The highest BCUT2D eigenvalue weighted by Gasteiger charge is 2.17. The molecule has 19 heavy (non-hydrogen) atoms. The summed E-state index contributed by atoms with van der Waals surface area (Å²) in [5, 5.41) is 12.6. The van der Waals surface area contributed by atoms with E-state index in [2.05, 4.69) is 4.98 Å². The number of nitro groups is 1. The maximum Gasteiger partial charge on any atom is 0.277 e. The summed E-state index contributed by atoms with van der Waals surface area (Å²) >= 11 is 6.07. The first-order chi connectivity index (χ1) is 9.16. The van der Waals surface area contributed by atoms with Crippen LogP contribution in [0, 0.1) is 10.1 Å². The number of nitrogens with one attached hydrogen (secondary N) is 1. The van der Waals surface area contributed by atoms with Crippen LogP contribution in [0.25, 0.3) is 22.0 Å². The number of hydrogen-bond acceptors (Lipinski definition) is 2. The topological polar surface area (TPSA) is 58.9 Å². The van der Waals surface area contributed by atoms with Crippen LogP contribution in [0.3, 0.4) is 0 Å². The van der Waals surface area contributed by atoms with Crippen LogP contribution in [0.1, 0.15) is 0 Å². The highest BCUT2D eigenvalue weighted by atomic mass is 35.5. The molecule has 0 amide bonds. The smallest absolute Gasteiger partial charge is 0.277 e. The molecule has 0 aliphatic heterocycles. The van der Waals surface area contributed by atoms with Gasteiger partial charge in [0.1, 0.15) is 0 Å². The van der Waals surface area contributed by atoms with Crippen molar-refractivity contribution in [3.05, 3.63) is 63.8 Å². The molecular weight excluding hydrogens is 264 g/mol. The summed E-state index contributed by atoms with van der Waals surface area (Å²) in [4.78, 5) is 13.8. The van der Waals surface area contributed by atoms with Gasteiger partial charge < -0.3 is 4.98 Å². The first kappa shape index (κ1) is 11.7. The van der Waals surface area contributed by atoms with Gasteiger partial charge in [-0.05, 0) is 29.8 Å². The largest absolute Gasteiger partial charge is 0.361 e. The molecule has 1 aromatic heterocycles. The zero-order valence-corrected chi connectivity index (χ0v) is 10.5. The first-order valence-corrected chi connectivity index (χ1v) is 6.05. The van der Waals surface area contributed by atoms with Crippen molar-refractivity contribution in [1.29, 1.82) is 0 Å². The van der Waals surface area contributed by atoms with E-state index < -0.39 is 0 Å². The molecule has 0 radical (unpaired) electrons. The third-order valence-corrected chi connectivity index (χ3v) is 3.24. The van der Waals surface area contributed by atoms with E-state index >= 15 is 0 Å². The lowest BCUT2D eigenvalue weighted by Crippen LogP contribution is -1.91. The molecule has 5 heteroatoms. The fraction of sp³-hybridized carbons (Fsp3) is 0. The zero-order chi connectivity index (χ0) is 13.4. The van der Waals surface area contributed by atoms with E-state index in [0.717, 1.165) is 16.5 Å². The van der Waals surface area contributed by atoms with Crippen LogP contribution < -0.4 is 0 Å². The third-order valence-electron chi connectivity index (χ3n) is 3.02. The molecule has 1 heterocycles. The molecule has 0 spiro atoms. The van der Waals surface area contributed by atoms with Gasteiger partial charge in [0.05, 0.1) is 10.5 Å². The number of halogens is 1. The summed E-state index contributed by atoms with van der Waals surface area (Å²) in [5.74, 6) is 0. The Labute approximate surface area is 113 Å². The number of para-hydroxylation sites is 1. The molecule has 94 valence electrons. The Morgan fingerprint density at radius 2 is 1.89 bits per heavy atom. The van der Waals surface area contributed by atoms with Gasteiger partial charge in [-0.2, -0.15) is 0 Å². The molecule has 0 aliphatic rings. The van der Waals surface area contributed by atoms with Crippen molar-refractivity contribution in [2.75, 3.05) is 0 Å². The van der Waals surface area contributed by atoms with Crippen LogP contribution in [-0.2, 0) is 0 Å². The number of nitro benzene ring substituents is 1. The van der Waals surface area contributed by atoms with Gasteiger partial charge in [-0.15, -0.1) is 0 Å². The van der Waals surface area contributed by atoms with Crippen molar-refractivity contribution in [3.8, 4) is 11.1 Å². The van der Waals surface area contributed by atoms with Crippen LogP contribution in [0.4, 0.5) is 5.69 Å². The quantitative estimate of drug-likeness (QED) is 0.555. The molecule has 2 aromatic carbocycles. The lowest BCUT2D eigenvalue weighted by atomic mass is 10.0. The van der Waals surface area contributed by atoms with E-state index in [1.54, 1.807) is 36.5 Å². The maximum atomic E-state index is 11.1. The normalized spacial score (nSPS) is 10.8. The number of fused-ring (bicyclic) bond motifs is 1. The monoisotopic (exact) mass is 272 g/mol. The standard InChI is InChI=1S/C14H9ClN2O2/c15-9-7-12(10-5-6-16-13(10)8-9)11-3-1-2-4-14(11)17(18)19/h1-8,16H. The van der Waals surface area contributed by atoms with Crippen LogP contribution in [0.2, 0.25) is 5.02 Å². The molecule has 0 fully saturated rings. The van der Waals surface area contributed by atoms with Gasteiger partial charge in [0.15, 0.2) is 0 Å². The fourth-order valence-corrected chi connectivity index (χ4v) is 2.43. The zero-order valence-electron chi connectivity index (χ0n) is 9.76. The van der Waals surface area contributed by atoms with Crippen LogP contribution in [-0.4, -0.2) is 9.91 Å². The number of benzene rings is 2. The van der Waals surface area contributed by atoms with E-state index in [0.29, 0.717) is 10.6 Å². The summed E-state index contributed by atoms with van der Waals surface area (Å²) in [6, 6.07) is 12.1. The average molecular weight is 273 g/mol. The Hall–Kier alpha value is -2.33. The molecule has 0 saturated carbocycles.